The van der Waals surface area contributed by atoms with Crippen molar-refractivity contribution in [2.45, 2.75) is 19.1 Å². The number of rotatable bonds is 4. The zero-order valence-corrected chi connectivity index (χ0v) is 13.5. The summed E-state index contributed by atoms with van der Waals surface area (Å²) < 4.78 is 9.95. The lowest BCUT2D eigenvalue weighted by Crippen LogP contribution is -2.35. The van der Waals surface area contributed by atoms with Crippen molar-refractivity contribution in [1.29, 1.82) is 0 Å². The average molecular weight is 332 g/mol. The van der Waals surface area contributed by atoms with Crippen LogP contribution in [0.3, 0.4) is 0 Å². The molecule has 2 aliphatic heterocycles. The lowest BCUT2D eigenvalue weighted by Gasteiger charge is -2.17. The van der Waals surface area contributed by atoms with Gasteiger partial charge in [-0.25, -0.2) is 9.59 Å². The van der Waals surface area contributed by atoms with Gasteiger partial charge in [0.2, 0.25) is 0 Å². The first kappa shape index (κ1) is 16.3. The normalized spacial score (nSPS) is 22.2. The van der Waals surface area contributed by atoms with Gasteiger partial charge in [0.15, 0.2) is 0 Å². The van der Waals surface area contributed by atoms with Gasteiger partial charge in [0.1, 0.15) is 12.6 Å². The van der Waals surface area contributed by atoms with E-state index in [1.807, 2.05) is 30.3 Å². The molecule has 0 aliphatic carbocycles. The van der Waals surface area contributed by atoms with Crippen molar-refractivity contribution < 1.29 is 23.9 Å². The van der Waals surface area contributed by atoms with E-state index in [1.165, 1.54) is 12.0 Å². The second-order valence-corrected chi connectivity index (χ2v) is 6.00. The van der Waals surface area contributed by atoms with E-state index in [2.05, 4.69) is 4.74 Å². The molecule has 7 heteroatoms. The van der Waals surface area contributed by atoms with Crippen molar-refractivity contribution in [3.63, 3.8) is 0 Å². The minimum absolute atomic E-state index is 0.219. The molecule has 2 atom stereocenters. The topological polar surface area (TPSA) is 75.9 Å². The molecule has 2 aliphatic rings. The van der Waals surface area contributed by atoms with E-state index in [0.717, 1.165) is 5.56 Å². The Labute approximate surface area is 140 Å². The van der Waals surface area contributed by atoms with Crippen molar-refractivity contribution in [3.8, 4) is 0 Å². The summed E-state index contributed by atoms with van der Waals surface area (Å²) in [4.78, 5) is 38.9. The summed E-state index contributed by atoms with van der Waals surface area (Å²) in [6.07, 6.45) is 0.579. The number of nitrogens with zero attached hydrogens (tertiary/aromatic N) is 2. The number of hydrogen-bond donors (Lipinski definition) is 0. The molecule has 3 rings (SSSR count). The molecule has 7 nitrogen and oxygen atoms in total. The van der Waals surface area contributed by atoms with Crippen LogP contribution in [0.25, 0.3) is 0 Å². The quantitative estimate of drug-likeness (QED) is 0.608. The van der Waals surface area contributed by atoms with Crippen LogP contribution in [0.4, 0.5) is 4.79 Å². The van der Waals surface area contributed by atoms with Crippen LogP contribution < -0.4 is 0 Å². The highest BCUT2D eigenvalue weighted by atomic mass is 16.5. The smallest absolute Gasteiger partial charge is 0.330 e. The van der Waals surface area contributed by atoms with Gasteiger partial charge >= 0.3 is 18.0 Å². The predicted molar refractivity (Wildman–Crippen MR) is 83.8 cm³/mol. The van der Waals surface area contributed by atoms with Gasteiger partial charge < -0.3 is 19.3 Å². The molecule has 1 unspecified atom stereocenters. The Kier molecular flexibility index (Phi) is 4.69. The fraction of sp³-hybridized carbons (Fsp3) is 0.471. The molecule has 0 N–H and O–H groups in total. The number of likely N-dealkylation sites (tertiary alicyclic amines) is 1. The van der Waals surface area contributed by atoms with Crippen molar-refractivity contribution in [2.24, 2.45) is 5.92 Å². The molecule has 1 aromatic carbocycles. The van der Waals surface area contributed by atoms with Crippen LogP contribution in [-0.4, -0.2) is 60.6 Å². The summed E-state index contributed by atoms with van der Waals surface area (Å²) in [5, 5.41) is 0. The zero-order chi connectivity index (χ0) is 17.1. The van der Waals surface area contributed by atoms with E-state index in [0.29, 0.717) is 26.1 Å². The molecule has 0 bridgehead atoms. The van der Waals surface area contributed by atoms with Crippen LogP contribution in [-0.2, 0) is 25.7 Å². The average Bonchev–Trinajstić information content (AvgIpc) is 3.27. The Bertz CT molecular complexity index is 633. The molecule has 0 spiro atoms. The molecule has 2 heterocycles. The Morgan fingerprint density at radius 3 is 2.58 bits per heavy atom. The number of esters is 2. The summed E-state index contributed by atoms with van der Waals surface area (Å²) in [6.45, 7) is 1.44. The third-order valence-electron chi connectivity index (χ3n) is 4.35. The second-order valence-electron chi connectivity index (χ2n) is 6.00. The SMILES string of the molecule is COC(=O)C1CN1C(=O)N1CC[C@H](C(=O)OCc2ccccc2)C1. The van der Waals surface area contributed by atoms with Crippen LogP contribution in [0.15, 0.2) is 30.3 Å². The minimum Gasteiger partial charge on any atom is -0.467 e. The van der Waals surface area contributed by atoms with Crippen molar-refractivity contribution >= 4 is 18.0 Å². The van der Waals surface area contributed by atoms with E-state index >= 15 is 0 Å². The first-order chi connectivity index (χ1) is 11.6. The molecular formula is C17H20N2O5. The number of hydrogen-bond acceptors (Lipinski definition) is 5. The third kappa shape index (κ3) is 3.50. The monoisotopic (exact) mass is 332 g/mol. The van der Waals surface area contributed by atoms with Gasteiger partial charge in [-0.2, -0.15) is 0 Å². The first-order valence-corrected chi connectivity index (χ1v) is 7.94. The minimum atomic E-state index is -0.480. The van der Waals surface area contributed by atoms with Gasteiger partial charge in [-0.1, -0.05) is 30.3 Å². The Morgan fingerprint density at radius 1 is 1.12 bits per heavy atom. The highest BCUT2D eigenvalue weighted by Crippen LogP contribution is 2.25. The van der Waals surface area contributed by atoms with Gasteiger partial charge in [-0.3, -0.25) is 4.79 Å². The fourth-order valence-electron chi connectivity index (χ4n) is 2.84. The number of urea groups is 1. The molecular weight excluding hydrogens is 312 g/mol. The first-order valence-electron chi connectivity index (χ1n) is 7.94. The molecule has 0 aromatic heterocycles. The van der Waals surface area contributed by atoms with Crippen LogP contribution in [0, 0.1) is 5.92 Å². The van der Waals surface area contributed by atoms with Crippen molar-refractivity contribution in [2.75, 3.05) is 26.7 Å². The number of amides is 2. The summed E-state index contributed by atoms with van der Waals surface area (Å²) in [5.74, 6) is -1.000. The molecule has 2 saturated heterocycles. The van der Waals surface area contributed by atoms with E-state index in [-0.39, 0.29) is 24.5 Å². The summed E-state index contributed by atoms with van der Waals surface area (Å²) in [6, 6.07) is 8.77. The van der Waals surface area contributed by atoms with E-state index in [4.69, 9.17) is 4.74 Å². The summed E-state index contributed by atoms with van der Waals surface area (Å²) >= 11 is 0. The van der Waals surface area contributed by atoms with Crippen LogP contribution >= 0.6 is 0 Å². The molecule has 0 saturated carbocycles. The number of carbonyl (C=O) groups is 3. The maximum absolute atomic E-state index is 12.3. The van der Waals surface area contributed by atoms with Gasteiger partial charge in [-0.15, -0.1) is 0 Å². The van der Waals surface area contributed by atoms with Crippen molar-refractivity contribution in [1.82, 2.24) is 9.80 Å². The Hall–Kier alpha value is -2.57. The van der Waals surface area contributed by atoms with Gasteiger partial charge in [0.05, 0.1) is 19.6 Å². The van der Waals surface area contributed by atoms with Crippen molar-refractivity contribution in [3.05, 3.63) is 35.9 Å². The Balaban J connectivity index is 1.46. The maximum Gasteiger partial charge on any atom is 0.330 e. The molecule has 128 valence electrons. The fourth-order valence-corrected chi connectivity index (χ4v) is 2.84. The molecule has 2 fully saturated rings. The second kappa shape index (κ2) is 6.90. The van der Waals surface area contributed by atoms with Crippen LogP contribution in [0.2, 0.25) is 0 Å². The number of ether oxygens (including phenoxy) is 2. The molecule has 2 amide bonds. The lowest BCUT2D eigenvalue weighted by atomic mass is 10.1. The van der Waals surface area contributed by atoms with Crippen LogP contribution in [0.1, 0.15) is 12.0 Å². The highest BCUT2D eigenvalue weighted by Gasteiger charge is 2.48. The molecule has 0 radical (unpaired) electrons. The van der Waals surface area contributed by atoms with Gasteiger partial charge in [0.25, 0.3) is 0 Å². The number of benzene rings is 1. The Morgan fingerprint density at radius 2 is 1.88 bits per heavy atom. The number of carbonyl (C=O) groups excluding carboxylic acids is 3. The number of methoxy groups -OCH3 is 1. The van der Waals surface area contributed by atoms with Gasteiger partial charge in [0, 0.05) is 13.1 Å². The van der Waals surface area contributed by atoms with E-state index in [1.54, 1.807) is 4.90 Å². The zero-order valence-electron chi connectivity index (χ0n) is 13.5. The maximum atomic E-state index is 12.3. The van der Waals surface area contributed by atoms with Crippen LogP contribution in [0.5, 0.6) is 0 Å². The lowest BCUT2D eigenvalue weighted by molar-refractivity contribution is -0.149. The van der Waals surface area contributed by atoms with E-state index in [9.17, 15) is 14.4 Å². The van der Waals surface area contributed by atoms with E-state index < -0.39 is 12.0 Å². The standard InChI is InChI=1S/C17H20N2O5/c1-23-16(21)14-10-19(14)17(22)18-8-7-13(9-18)15(20)24-11-12-5-3-2-4-6-12/h2-6,13-14H,7-11H2,1H3/t13-,14?,19?/m0/s1. The largest absolute Gasteiger partial charge is 0.467 e. The summed E-state index contributed by atoms with van der Waals surface area (Å²) in [5.41, 5.74) is 0.932. The predicted octanol–water partition coefficient (Wildman–Crippen LogP) is 1.03. The molecule has 24 heavy (non-hydrogen) atoms. The van der Waals surface area contributed by atoms with Gasteiger partial charge in [-0.05, 0) is 12.0 Å². The summed E-state index contributed by atoms with van der Waals surface area (Å²) in [7, 11) is 1.30. The molecule has 1 aromatic rings. The third-order valence-corrected chi connectivity index (χ3v) is 4.35. The highest BCUT2D eigenvalue weighted by molar-refractivity contribution is 5.89.